The van der Waals surface area contributed by atoms with Gasteiger partial charge in [0.2, 0.25) is 5.88 Å². The van der Waals surface area contributed by atoms with Gasteiger partial charge in [-0.05, 0) is 29.2 Å². The molecule has 0 spiro atoms. The third-order valence-electron chi connectivity index (χ3n) is 3.87. The third-order valence-corrected chi connectivity index (χ3v) is 4.25. The molecule has 1 aromatic heterocycles. The fraction of sp³-hybridized carbons (Fsp3) is 0.353. The predicted octanol–water partition coefficient (Wildman–Crippen LogP) is 2.00. The van der Waals surface area contributed by atoms with Crippen molar-refractivity contribution < 1.29 is 29.6 Å². The Morgan fingerprint density at radius 2 is 1.84 bits per heavy atom. The zero-order chi connectivity index (χ0) is 18.6. The predicted molar refractivity (Wildman–Crippen MR) is 91.5 cm³/mol. The zero-order valence-electron chi connectivity index (χ0n) is 13.9. The summed E-state index contributed by atoms with van der Waals surface area (Å²) < 4.78 is 10.2. The lowest BCUT2D eigenvalue weighted by Crippen LogP contribution is -2.05. The van der Waals surface area contributed by atoms with Crippen LogP contribution in [-0.2, 0) is 24.6 Å². The molecule has 0 bridgehead atoms. The van der Waals surface area contributed by atoms with Gasteiger partial charge in [0.15, 0.2) is 0 Å². The summed E-state index contributed by atoms with van der Waals surface area (Å²) in [5, 5.41) is 28.9. The molecular weight excluding hydrogens is 350 g/mol. The second-order valence-electron chi connectivity index (χ2n) is 5.15. The number of aromatic nitrogens is 1. The lowest BCUT2D eigenvalue weighted by atomic mass is 9.93. The van der Waals surface area contributed by atoms with Crippen LogP contribution in [0.15, 0.2) is 12.1 Å². The Morgan fingerprint density at radius 3 is 2.36 bits per heavy atom. The molecule has 0 aliphatic carbocycles. The normalized spacial score (nSPS) is 10.8. The van der Waals surface area contributed by atoms with Gasteiger partial charge in [-0.1, -0.05) is 23.7 Å². The molecule has 25 heavy (non-hydrogen) atoms. The van der Waals surface area contributed by atoms with Crippen LogP contribution in [0.4, 0.5) is 0 Å². The third kappa shape index (κ3) is 3.50. The first-order valence-corrected chi connectivity index (χ1v) is 8.00. The highest BCUT2D eigenvalue weighted by Crippen LogP contribution is 2.42. The standard InChI is InChI=1S/C17H20ClNO6/c1-3-25-17(23)15-14(18)13(16(19-15)24-2)10-5-4-9(6-20)11(7-21)12(10)8-22/h4-5,19-22H,3,6-8H2,1-2H3. The van der Waals surface area contributed by atoms with Gasteiger partial charge in [0.05, 0.1) is 44.1 Å². The number of rotatable bonds is 7. The Morgan fingerprint density at radius 1 is 1.16 bits per heavy atom. The number of aliphatic hydroxyl groups excluding tert-OH is 3. The molecule has 2 rings (SSSR count). The molecule has 0 unspecified atom stereocenters. The monoisotopic (exact) mass is 369 g/mol. The van der Waals surface area contributed by atoms with E-state index in [9.17, 15) is 20.1 Å². The molecular formula is C17H20ClNO6. The molecule has 136 valence electrons. The van der Waals surface area contributed by atoms with Crippen LogP contribution in [0.2, 0.25) is 5.02 Å². The molecule has 0 saturated carbocycles. The van der Waals surface area contributed by atoms with E-state index in [0.717, 1.165) is 0 Å². The van der Waals surface area contributed by atoms with Crippen molar-refractivity contribution in [2.45, 2.75) is 26.7 Å². The molecule has 7 nitrogen and oxygen atoms in total. The van der Waals surface area contributed by atoms with Crippen LogP contribution in [0.3, 0.4) is 0 Å². The van der Waals surface area contributed by atoms with Gasteiger partial charge in [0, 0.05) is 0 Å². The summed E-state index contributed by atoms with van der Waals surface area (Å²) in [4.78, 5) is 14.8. The van der Waals surface area contributed by atoms with Crippen LogP contribution in [0.5, 0.6) is 5.88 Å². The fourth-order valence-corrected chi connectivity index (χ4v) is 3.01. The Kier molecular flexibility index (Phi) is 6.44. The van der Waals surface area contributed by atoms with Gasteiger partial charge in [-0.2, -0.15) is 0 Å². The van der Waals surface area contributed by atoms with E-state index in [1.54, 1.807) is 19.1 Å². The summed E-state index contributed by atoms with van der Waals surface area (Å²) in [6.07, 6.45) is 0. The lowest BCUT2D eigenvalue weighted by Gasteiger charge is -2.15. The molecule has 2 aromatic rings. The van der Waals surface area contributed by atoms with Crippen molar-refractivity contribution in [1.29, 1.82) is 0 Å². The first kappa shape index (κ1) is 19.3. The van der Waals surface area contributed by atoms with Crippen LogP contribution in [-0.4, -0.2) is 40.0 Å². The Hall–Kier alpha value is -2.06. The molecule has 0 amide bonds. The van der Waals surface area contributed by atoms with Crippen LogP contribution in [0.1, 0.15) is 34.1 Å². The maximum absolute atomic E-state index is 12.0. The van der Waals surface area contributed by atoms with Gasteiger partial charge in [0.1, 0.15) is 5.69 Å². The van der Waals surface area contributed by atoms with Crippen LogP contribution in [0, 0.1) is 0 Å². The number of aromatic amines is 1. The van der Waals surface area contributed by atoms with E-state index in [1.165, 1.54) is 7.11 Å². The highest BCUT2D eigenvalue weighted by atomic mass is 35.5. The van der Waals surface area contributed by atoms with Gasteiger partial charge in [-0.3, -0.25) is 0 Å². The fourth-order valence-electron chi connectivity index (χ4n) is 2.69. The topological polar surface area (TPSA) is 112 Å². The molecule has 0 atom stereocenters. The van der Waals surface area contributed by atoms with Crippen LogP contribution >= 0.6 is 11.6 Å². The Labute approximate surface area is 149 Å². The van der Waals surface area contributed by atoms with Gasteiger partial charge in [0.25, 0.3) is 0 Å². The number of hydrogen-bond donors (Lipinski definition) is 4. The first-order valence-electron chi connectivity index (χ1n) is 7.63. The van der Waals surface area contributed by atoms with Crippen molar-refractivity contribution in [3.63, 3.8) is 0 Å². The molecule has 0 aliphatic rings. The van der Waals surface area contributed by atoms with Crippen molar-refractivity contribution >= 4 is 17.6 Å². The van der Waals surface area contributed by atoms with Gasteiger partial charge >= 0.3 is 5.97 Å². The number of hydrogen-bond acceptors (Lipinski definition) is 6. The molecule has 1 heterocycles. The number of esters is 1. The van der Waals surface area contributed by atoms with Crippen LogP contribution in [0.25, 0.3) is 11.1 Å². The van der Waals surface area contributed by atoms with Crippen molar-refractivity contribution in [2.24, 2.45) is 0 Å². The summed E-state index contributed by atoms with van der Waals surface area (Å²) in [7, 11) is 1.41. The largest absolute Gasteiger partial charge is 0.482 e. The second-order valence-corrected chi connectivity index (χ2v) is 5.52. The lowest BCUT2D eigenvalue weighted by molar-refractivity contribution is 0.0520. The number of ether oxygens (including phenoxy) is 2. The average molecular weight is 370 g/mol. The number of aliphatic hydroxyl groups is 3. The molecule has 0 saturated heterocycles. The Bertz CT molecular complexity index is 771. The number of methoxy groups -OCH3 is 1. The van der Waals surface area contributed by atoms with Gasteiger partial charge in [-0.15, -0.1) is 0 Å². The van der Waals surface area contributed by atoms with E-state index < -0.39 is 12.6 Å². The smallest absolute Gasteiger partial charge is 0.356 e. The molecule has 0 radical (unpaired) electrons. The summed E-state index contributed by atoms with van der Waals surface area (Å²) in [5.41, 5.74) is 2.18. The number of benzene rings is 1. The summed E-state index contributed by atoms with van der Waals surface area (Å²) >= 11 is 6.37. The molecule has 4 N–H and O–H groups in total. The van der Waals surface area contributed by atoms with E-state index in [1.807, 2.05) is 0 Å². The number of carbonyl (C=O) groups excluding carboxylic acids is 1. The van der Waals surface area contributed by atoms with E-state index in [2.05, 4.69) is 4.98 Å². The minimum Gasteiger partial charge on any atom is -0.482 e. The first-order chi connectivity index (χ1) is 12.0. The van der Waals surface area contributed by atoms with Crippen molar-refractivity contribution in [3.8, 4) is 17.0 Å². The van der Waals surface area contributed by atoms with Crippen LogP contribution < -0.4 is 4.74 Å². The van der Waals surface area contributed by atoms with E-state index in [4.69, 9.17) is 21.1 Å². The second kappa shape index (κ2) is 8.35. The summed E-state index contributed by atoms with van der Waals surface area (Å²) in [6, 6.07) is 3.26. The molecule has 0 aliphatic heterocycles. The zero-order valence-corrected chi connectivity index (χ0v) is 14.7. The minimum atomic E-state index is -0.628. The number of halogens is 1. The van der Waals surface area contributed by atoms with E-state index >= 15 is 0 Å². The molecule has 1 aromatic carbocycles. The van der Waals surface area contributed by atoms with Crippen molar-refractivity contribution in [2.75, 3.05) is 13.7 Å². The average Bonchev–Trinajstić information content (AvgIpc) is 2.96. The quantitative estimate of drug-likeness (QED) is 0.555. The summed E-state index contributed by atoms with van der Waals surface area (Å²) in [5.74, 6) is -0.402. The number of carbonyl (C=O) groups is 1. The minimum absolute atomic E-state index is 0.0380. The number of H-pyrrole nitrogens is 1. The highest BCUT2D eigenvalue weighted by molar-refractivity contribution is 6.36. The maximum Gasteiger partial charge on any atom is 0.356 e. The van der Waals surface area contributed by atoms with E-state index in [0.29, 0.717) is 27.8 Å². The summed E-state index contributed by atoms with van der Waals surface area (Å²) in [6.45, 7) is 0.827. The number of nitrogens with one attached hydrogen (secondary N) is 1. The Balaban J connectivity index is 2.72. The SMILES string of the molecule is CCOC(=O)c1[nH]c(OC)c(-c2ccc(CO)c(CO)c2CO)c1Cl. The van der Waals surface area contributed by atoms with Crippen molar-refractivity contribution in [3.05, 3.63) is 39.5 Å². The van der Waals surface area contributed by atoms with Crippen molar-refractivity contribution in [1.82, 2.24) is 4.98 Å². The molecule has 8 heteroatoms. The van der Waals surface area contributed by atoms with E-state index in [-0.39, 0.29) is 36.4 Å². The molecule has 0 fully saturated rings. The highest BCUT2D eigenvalue weighted by Gasteiger charge is 2.26. The maximum atomic E-state index is 12.0. The van der Waals surface area contributed by atoms with Gasteiger partial charge in [-0.25, -0.2) is 4.79 Å². The van der Waals surface area contributed by atoms with Gasteiger partial charge < -0.3 is 29.8 Å².